The smallest absolute Gasteiger partial charge is 0.0614 e. The Balaban J connectivity index is 4.84. The monoisotopic (exact) mass is 362 g/mol. The molecular weight excluding hydrogens is 320 g/mol. The number of allylic oxidation sites excluding steroid dienone is 7. The summed E-state index contributed by atoms with van der Waals surface area (Å²) in [5.74, 6) is 0. The summed E-state index contributed by atoms with van der Waals surface area (Å²) in [5.41, 5.74) is 6.50. The lowest BCUT2D eigenvalue weighted by Gasteiger charge is -2.29. The molecule has 0 aliphatic carbocycles. The van der Waals surface area contributed by atoms with Crippen molar-refractivity contribution in [3.8, 4) is 0 Å². The van der Waals surface area contributed by atoms with Crippen molar-refractivity contribution in [2.75, 3.05) is 6.61 Å². The summed E-state index contributed by atoms with van der Waals surface area (Å²) >= 11 is 0. The van der Waals surface area contributed by atoms with Gasteiger partial charge in [-0.25, -0.2) is 0 Å². The van der Waals surface area contributed by atoms with Gasteiger partial charge in [-0.3, -0.25) is 0 Å². The van der Waals surface area contributed by atoms with Crippen LogP contribution in [0.2, 0.25) is 25.2 Å². The van der Waals surface area contributed by atoms with Crippen molar-refractivity contribution in [1.82, 2.24) is 0 Å². The number of aliphatic hydroxyl groups is 1. The second kappa shape index (κ2) is 12.5. The average molecular weight is 363 g/mol. The molecule has 1 N–H and O–H groups in total. The maximum Gasteiger partial charge on any atom is 0.0614 e. The van der Waals surface area contributed by atoms with Gasteiger partial charge in [-0.05, 0) is 72.3 Å². The largest absolute Gasteiger partial charge is 0.392 e. The van der Waals surface area contributed by atoms with Crippen molar-refractivity contribution in [1.29, 1.82) is 0 Å². The normalized spacial score (nSPS) is 15.3. The van der Waals surface area contributed by atoms with Gasteiger partial charge in [0.25, 0.3) is 0 Å². The average Bonchev–Trinajstić information content (AvgIpc) is 2.45. The summed E-state index contributed by atoms with van der Waals surface area (Å²) in [6.45, 7) is 18.7. The highest BCUT2D eigenvalue weighted by molar-refractivity contribution is 6.78. The molecule has 0 bridgehead atoms. The van der Waals surface area contributed by atoms with Crippen molar-refractivity contribution in [3.63, 3.8) is 0 Å². The van der Waals surface area contributed by atoms with Gasteiger partial charge in [0.1, 0.15) is 0 Å². The first kappa shape index (κ1) is 24.1. The highest BCUT2D eigenvalue weighted by Gasteiger charge is 2.26. The van der Waals surface area contributed by atoms with Crippen LogP contribution in [0.5, 0.6) is 0 Å². The van der Waals surface area contributed by atoms with Crippen molar-refractivity contribution < 1.29 is 5.11 Å². The van der Waals surface area contributed by atoms with E-state index in [4.69, 9.17) is 5.11 Å². The molecular formula is C23H42OSi. The van der Waals surface area contributed by atoms with E-state index < -0.39 is 8.07 Å². The molecule has 0 amide bonds. The first-order valence-corrected chi connectivity index (χ1v) is 13.4. The maximum absolute atomic E-state index is 8.96. The Kier molecular flexibility index (Phi) is 12.1. The van der Waals surface area contributed by atoms with Crippen LogP contribution < -0.4 is 0 Å². The Hall–Kier alpha value is -0.863. The fourth-order valence-corrected chi connectivity index (χ4v) is 5.47. The molecule has 25 heavy (non-hydrogen) atoms. The van der Waals surface area contributed by atoms with Crippen molar-refractivity contribution in [3.05, 3.63) is 46.6 Å². The van der Waals surface area contributed by atoms with E-state index in [0.717, 1.165) is 19.3 Å². The van der Waals surface area contributed by atoms with E-state index in [9.17, 15) is 0 Å². The summed E-state index contributed by atoms with van der Waals surface area (Å²) in [4.78, 5) is 0. The van der Waals surface area contributed by atoms with Crippen LogP contribution >= 0.6 is 0 Å². The van der Waals surface area contributed by atoms with E-state index in [-0.39, 0.29) is 6.61 Å². The summed E-state index contributed by atoms with van der Waals surface area (Å²) in [7, 11) is -1.24. The van der Waals surface area contributed by atoms with Gasteiger partial charge in [0.15, 0.2) is 0 Å². The SMILES string of the molecule is CC(C)=CCC/C(C)=C/CC(/C(C)=C/CC/C(C)=C/CO)[Si](C)(C)C. The van der Waals surface area contributed by atoms with Gasteiger partial charge in [-0.1, -0.05) is 66.2 Å². The number of hydrogen-bond donors (Lipinski definition) is 1. The zero-order chi connectivity index (χ0) is 19.5. The molecule has 1 unspecified atom stereocenters. The number of hydrogen-bond acceptors (Lipinski definition) is 1. The molecule has 0 aliphatic rings. The molecule has 1 nitrogen and oxygen atoms in total. The van der Waals surface area contributed by atoms with E-state index >= 15 is 0 Å². The molecule has 1 atom stereocenters. The van der Waals surface area contributed by atoms with Gasteiger partial charge >= 0.3 is 0 Å². The highest BCUT2D eigenvalue weighted by atomic mass is 28.3. The van der Waals surface area contributed by atoms with E-state index in [1.165, 1.54) is 29.6 Å². The quantitative estimate of drug-likeness (QED) is 0.299. The molecule has 0 saturated heterocycles. The molecule has 0 aliphatic heterocycles. The van der Waals surface area contributed by atoms with Gasteiger partial charge in [-0.15, -0.1) is 0 Å². The predicted octanol–water partition coefficient (Wildman–Crippen LogP) is 7.44. The van der Waals surface area contributed by atoms with E-state index in [0.29, 0.717) is 5.54 Å². The third kappa shape index (κ3) is 12.2. The zero-order valence-corrected chi connectivity index (χ0v) is 19.1. The van der Waals surface area contributed by atoms with Gasteiger partial charge < -0.3 is 5.11 Å². The second-order valence-corrected chi connectivity index (χ2v) is 14.2. The Labute approximate surface area is 158 Å². The fraction of sp³-hybridized carbons (Fsp3) is 0.652. The molecule has 0 rings (SSSR count). The summed E-state index contributed by atoms with van der Waals surface area (Å²) in [6, 6.07) is 0. The van der Waals surface area contributed by atoms with Gasteiger partial charge in [0, 0.05) is 0 Å². The van der Waals surface area contributed by atoms with E-state index in [1.807, 2.05) is 6.08 Å². The topological polar surface area (TPSA) is 20.2 Å². The van der Waals surface area contributed by atoms with Crippen molar-refractivity contribution in [2.24, 2.45) is 0 Å². The van der Waals surface area contributed by atoms with Crippen LogP contribution in [-0.4, -0.2) is 19.8 Å². The van der Waals surface area contributed by atoms with Crippen LogP contribution in [0, 0.1) is 0 Å². The van der Waals surface area contributed by atoms with E-state index in [1.54, 1.807) is 5.57 Å². The van der Waals surface area contributed by atoms with Crippen LogP contribution in [0.4, 0.5) is 0 Å². The maximum atomic E-state index is 8.96. The lowest BCUT2D eigenvalue weighted by atomic mass is 10.0. The zero-order valence-electron chi connectivity index (χ0n) is 18.1. The lowest BCUT2D eigenvalue weighted by Crippen LogP contribution is -2.28. The van der Waals surface area contributed by atoms with Gasteiger partial charge in [0.05, 0.1) is 14.7 Å². The second-order valence-electron chi connectivity index (χ2n) is 8.74. The molecule has 0 aromatic rings. The fourth-order valence-electron chi connectivity index (χ4n) is 3.16. The Bertz CT molecular complexity index is 497. The van der Waals surface area contributed by atoms with Crippen LogP contribution in [0.1, 0.15) is 66.7 Å². The van der Waals surface area contributed by atoms with Crippen molar-refractivity contribution >= 4 is 8.07 Å². The van der Waals surface area contributed by atoms with Crippen LogP contribution in [-0.2, 0) is 0 Å². The predicted molar refractivity (Wildman–Crippen MR) is 118 cm³/mol. The van der Waals surface area contributed by atoms with Gasteiger partial charge in [0.2, 0.25) is 0 Å². The molecule has 144 valence electrons. The van der Waals surface area contributed by atoms with Crippen LogP contribution in [0.15, 0.2) is 46.6 Å². The minimum Gasteiger partial charge on any atom is -0.392 e. The molecule has 0 aromatic carbocycles. The van der Waals surface area contributed by atoms with Crippen LogP contribution in [0.3, 0.4) is 0 Å². The highest BCUT2D eigenvalue weighted by Crippen LogP contribution is 2.34. The summed E-state index contributed by atoms with van der Waals surface area (Å²) in [5, 5.41) is 8.96. The standard InChI is InChI=1S/C23H42OSi/c1-19(2)11-9-12-20(3)15-16-23(25(6,7)8)22(5)14-10-13-21(4)17-18-24/h11,14-15,17,23-24H,9-10,12-13,16,18H2,1-8H3/b20-15+,21-17+,22-14+. The van der Waals surface area contributed by atoms with Crippen LogP contribution in [0.25, 0.3) is 0 Å². The Morgan fingerprint density at radius 1 is 0.800 bits per heavy atom. The summed E-state index contributed by atoms with van der Waals surface area (Å²) < 4.78 is 0. The molecule has 2 heteroatoms. The Morgan fingerprint density at radius 3 is 1.80 bits per heavy atom. The molecule has 0 aromatic heterocycles. The van der Waals surface area contributed by atoms with Gasteiger partial charge in [-0.2, -0.15) is 0 Å². The summed E-state index contributed by atoms with van der Waals surface area (Å²) in [6.07, 6.45) is 14.8. The van der Waals surface area contributed by atoms with Crippen molar-refractivity contribution in [2.45, 2.75) is 91.9 Å². The third-order valence-electron chi connectivity index (χ3n) is 4.83. The lowest BCUT2D eigenvalue weighted by molar-refractivity contribution is 0.341. The minimum absolute atomic E-state index is 0.156. The molecule has 0 fully saturated rings. The molecule has 0 heterocycles. The van der Waals surface area contributed by atoms with E-state index in [2.05, 4.69) is 72.5 Å². The first-order valence-electron chi connectivity index (χ1n) is 9.80. The third-order valence-corrected chi connectivity index (χ3v) is 7.61. The number of rotatable bonds is 11. The molecule has 0 spiro atoms. The molecule has 0 saturated carbocycles. The minimum atomic E-state index is -1.24. The number of aliphatic hydroxyl groups excluding tert-OH is 1. The molecule has 0 radical (unpaired) electrons. The first-order chi connectivity index (χ1) is 11.6. The Morgan fingerprint density at radius 2 is 1.32 bits per heavy atom.